The molecule has 3 heterocycles. The number of nitrogens with zero attached hydrogens (tertiary/aromatic N) is 2. The van der Waals surface area contributed by atoms with E-state index in [2.05, 4.69) is 35.4 Å². The number of piperidine rings is 1. The van der Waals surface area contributed by atoms with Gasteiger partial charge in [-0.3, -0.25) is 9.80 Å². The van der Waals surface area contributed by atoms with E-state index in [0.717, 1.165) is 24.0 Å². The lowest BCUT2D eigenvalue weighted by atomic mass is 9.90. The van der Waals surface area contributed by atoms with E-state index in [0.29, 0.717) is 0 Å². The van der Waals surface area contributed by atoms with Crippen LogP contribution in [0.4, 0.5) is 0 Å². The van der Waals surface area contributed by atoms with E-state index in [9.17, 15) is 0 Å². The third kappa shape index (κ3) is 3.14. The van der Waals surface area contributed by atoms with Crippen molar-refractivity contribution in [3.05, 3.63) is 0 Å². The first-order chi connectivity index (χ1) is 9.25. The van der Waals surface area contributed by atoms with Crippen LogP contribution in [0, 0.1) is 5.92 Å². The number of piperazine rings is 1. The maximum absolute atomic E-state index is 2.92. The zero-order valence-electron chi connectivity index (χ0n) is 12.7. The maximum Gasteiger partial charge on any atom is 0.0250 e. The van der Waals surface area contributed by atoms with E-state index in [1.54, 1.807) is 0 Å². The van der Waals surface area contributed by atoms with Crippen molar-refractivity contribution >= 4 is 11.8 Å². The molecule has 110 valence electrons. The van der Waals surface area contributed by atoms with Gasteiger partial charge in [0.15, 0.2) is 0 Å². The van der Waals surface area contributed by atoms with Crippen molar-refractivity contribution < 1.29 is 0 Å². The van der Waals surface area contributed by atoms with Gasteiger partial charge in [0.1, 0.15) is 0 Å². The molecule has 0 aromatic carbocycles. The van der Waals surface area contributed by atoms with E-state index in [1.807, 2.05) is 0 Å². The first kappa shape index (κ1) is 14.2. The van der Waals surface area contributed by atoms with Crippen LogP contribution in [0.5, 0.6) is 0 Å². The van der Waals surface area contributed by atoms with Crippen LogP contribution in [0.2, 0.25) is 0 Å². The number of hydrogen-bond acceptors (Lipinski definition) is 3. The number of fused-ring (bicyclic) bond motifs is 1. The average Bonchev–Trinajstić information content (AvgIpc) is 2.46. The van der Waals surface area contributed by atoms with Crippen molar-refractivity contribution in [2.24, 2.45) is 5.92 Å². The third-order valence-corrected chi connectivity index (χ3v) is 6.59. The third-order valence-electron chi connectivity index (χ3n) is 5.39. The normalized spacial score (nSPS) is 38.4. The highest BCUT2D eigenvalue weighted by Crippen LogP contribution is 2.32. The fourth-order valence-electron chi connectivity index (χ4n) is 4.23. The predicted molar refractivity (Wildman–Crippen MR) is 84.9 cm³/mol. The maximum atomic E-state index is 2.92. The molecule has 0 aliphatic carbocycles. The smallest absolute Gasteiger partial charge is 0.0250 e. The first-order valence-corrected chi connectivity index (χ1v) is 9.48. The summed E-state index contributed by atoms with van der Waals surface area (Å²) in [5.74, 6) is 3.58. The van der Waals surface area contributed by atoms with Crippen LogP contribution in [0.15, 0.2) is 0 Å². The van der Waals surface area contributed by atoms with Crippen molar-refractivity contribution in [3.63, 3.8) is 0 Å². The molecule has 19 heavy (non-hydrogen) atoms. The topological polar surface area (TPSA) is 6.48 Å². The molecule has 3 atom stereocenters. The molecule has 3 aliphatic heterocycles. The number of thioether (sulfide) groups is 1. The van der Waals surface area contributed by atoms with Crippen LogP contribution < -0.4 is 0 Å². The summed E-state index contributed by atoms with van der Waals surface area (Å²) >= 11 is 2.18. The minimum absolute atomic E-state index is 0.801. The van der Waals surface area contributed by atoms with Crippen molar-refractivity contribution in [3.8, 4) is 0 Å². The van der Waals surface area contributed by atoms with Gasteiger partial charge in [0.25, 0.3) is 0 Å². The van der Waals surface area contributed by atoms with Crippen molar-refractivity contribution in [2.45, 2.75) is 64.1 Å². The Balaban J connectivity index is 1.71. The molecule has 3 heteroatoms. The first-order valence-electron chi connectivity index (χ1n) is 8.33. The highest BCUT2D eigenvalue weighted by molar-refractivity contribution is 7.99. The molecule has 0 saturated carbocycles. The van der Waals surface area contributed by atoms with Gasteiger partial charge in [-0.2, -0.15) is 11.8 Å². The Bertz CT molecular complexity index is 288. The van der Waals surface area contributed by atoms with Crippen LogP contribution in [0.25, 0.3) is 0 Å². The van der Waals surface area contributed by atoms with Gasteiger partial charge in [0, 0.05) is 37.0 Å². The van der Waals surface area contributed by atoms with Crippen LogP contribution >= 0.6 is 11.8 Å². The molecule has 0 bridgehead atoms. The Morgan fingerprint density at radius 1 is 1.00 bits per heavy atom. The lowest BCUT2D eigenvalue weighted by molar-refractivity contribution is -0.0275. The second-order valence-corrected chi connectivity index (χ2v) is 8.17. The summed E-state index contributed by atoms with van der Waals surface area (Å²) < 4.78 is 0. The molecule has 3 aliphatic rings. The Morgan fingerprint density at radius 3 is 2.58 bits per heavy atom. The van der Waals surface area contributed by atoms with Crippen molar-refractivity contribution in [2.75, 3.05) is 31.1 Å². The van der Waals surface area contributed by atoms with Crippen molar-refractivity contribution in [1.82, 2.24) is 9.80 Å². The molecule has 2 nitrogen and oxygen atoms in total. The van der Waals surface area contributed by atoms with Gasteiger partial charge in [-0.05, 0) is 43.9 Å². The van der Waals surface area contributed by atoms with Crippen LogP contribution in [0.1, 0.15) is 46.0 Å². The van der Waals surface area contributed by atoms with Gasteiger partial charge in [0.2, 0.25) is 0 Å². The highest BCUT2D eigenvalue weighted by atomic mass is 32.2. The van der Waals surface area contributed by atoms with E-state index < -0.39 is 0 Å². The number of hydrogen-bond donors (Lipinski definition) is 0. The molecule has 3 fully saturated rings. The summed E-state index contributed by atoms with van der Waals surface area (Å²) in [5.41, 5.74) is 0. The van der Waals surface area contributed by atoms with Gasteiger partial charge in [-0.15, -0.1) is 0 Å². The monoisotopic (exact) mass is 282 g/mol. The zero-order chi connectivity index (χ0) is 13.2. The van der Waals surface area contributed by atoms with Gasteiger partial charge < -0.3 is 0 Å². The van der Waals surface area contributed by atoms with Gasteiger partial charge in [0.05, 0.1) is 0 Å². The molecule has 3 rings (SSSR count). The standard InChI is InChI=1S/C16H30N2S/c1-13(2)16-11-17-8-4-3-6-14(17)10-18(16)15-7-5-9-19-12-15/h13-16H,3-12H2,1-2H3. The molecular weight excluding hydrogens is 252 g/mol. The summed E-state index contributed by atoms with van der Waals surface area (Å²) in [6.07, 6.45) is 7.22. The Hall–Kier alpha value is 0.270. The highest BCUT2D eigenvalue weighted by Gasteiger charge is 2.39. The van der Waals surface area contributed by atoms with E-state index in [-0.39, 0.29) is 0 Å². The van der Waals surface area contributed by atoms with Crippen LogP contribution in [-0.2, 0) is 0 Å². The van der Waals surface area contributed by atoms with E-state index in [1.165, 1.54) is 63.2 Å². The Kier molecular flexibility index (Phi) is 4.76. The molecule has 0 aromatic rings. The van der Waals surface area contributed by atoms with Crippen LogP contribution in [0.3, 0.4) is 0 Å². The summed E-state index contributed by atoms with van der Waals surface area (Å²) in [7, 11) is 0. The van der Waals surface area contributed by atoms with E-state index >= 15 is 0 Å². The fourth-order valence-corrected chi connectivity index (χ4v) is 5.40. The zero-order valence-corrected chi connectivity index (χ0v) is 13.5. The second-order valence-electron chi connectivity index (χ2n) is 7.02. The van der Waals surface area contributed by atoms with Gasteiger partial charge in [-0.1, -0.05) is 20.3 Å². The largest absolute Gasteiger partial charge is 0.298 e. The molecule has 3 saturated heterocycles. The fraction of sp³-hybridized carbons (Fsp3) is 1.00. The van der Waals surface area contributed by atoms with Crippen LogP contribution in [-0.4, -0.2) is 59.1 Å². The molecule has 3 unspecified atom stereocenters. The predicted octanol–water partition coefficient (Wildman–Crippen LogP) is 3.08. The Labute approximate surface area is 123 Å². The average molecular weight is 282 g/mol. The van der Waals surface area contributed by atoms with E-state index in [4.69, 9.17) is 0 Å². The lowest BCUT2D eigenvalue weighted by Gasteiger charge is -2.52. The van der Waals surface area contributed by atoms with Gasteiger partial charge in [-0.25, -0.2) is 0 Å². The lowest BCUT2D eigenvalue weighted by Crippen LogP contribution is -2.63. The molecule has 0 spiro atoms. The second kappa shape index (κ2) is 6.36. The minimum atomic E-state index is 0.801. The quantitative estimate of drug-likeness (QED) is 0.768. The molecule has 0 N–H and O–H groups in total. The Morgan fingerprint density at radius 2 is 1.84 bits per heavy atom. The van der Waals surface area contributed by atoms with Crippen molar-refractivity contribution in [1.29, 1.82) is 0 Å². The van der Waals surface area contributed by atoms with Gasteiger partial charge >= 0.3 is 0 Å². The summed E-state index contributed by atoms with van der Waals surface area (Å²) in [6.45, 7) is 8.91. The minimum Gasteiger partial charge on any atom is -0.298 e. The SMILES string of the molecule is CC(C)C1CN2CCCCC2CN1C1CCCSC1. The summed E-state index contributed by atoms with van der Waals surface area (Å²) in [4.78, 5) is 5.73. The summed E-state index contributed by atoms with van der Waals surface area (Å²) in [5, 5.41) is 0. The summed E-state index contributed by atoms with van der Waals surface area (Å²) in [6, 6.07) is 2.55. The molecular formula is C16H30N2S. The number of rotatable bonds is 2. The molecule has 0 aromatic heterocycles. The molecule has 0 radical (unpaired) electrons. The molecule has 0 amide bonds.